The second-order valence-corrected chi connectivity index (χ2v) is 4.08. The summed E-state index contributed by atoms with van der Waals surface area (Å²) in [5.41, 5.74) is 6.48. The topological polar surface area (TPSA) is 97.4 Å². The third-order valence-electron chi connectivity index (χ3n) is 2.32. The van der Waals surface area contributed by atoms with Gasteiger partial charge >= 0.3 is 0 Å². The summed E-state index contributed by atoms with van der Waals surface area (Å²) in [5, 5.41) is 11.4. The van der Waals surface area contributed by atoms with E-state index >= 15 is 0 Å². The number of methoxy groups -OCH3 is 1. The van der Waals surface area contributed by atoms with E-state index in [1.165, 1.54) is 6.07 Å². The molecule has 19 heavy (non-hydrogen) atoms. The maximum Gasteiger partial charge on any atom is 0.258 e. The first-order valence-corrected chi connectivity index (χ1v) is 5.77. The number of hydrogen-bond donors (Lipinski definition) is 2. The third-order valence-corrected chi connectivity index (χ3v) is 2.32. The van der Waals surface area contributed by atoms with Crippen molar-refractivity contribution in [2.45, 2.75) is 13.0 Å². The number of carbonyl (C=O) groups is 1. The Hall–Kier alpha value is -2.26. The Labute approximate surface area is 112 Å². The molecule has 0 saturated carbocycles. The lowest BCUT2D eigenvalue weighted by molar-refractivity contribution is -0.124. The van der Waals surface area contributed by atoms with Crippen molar-refractivity contribution >= 4 is 11.6 Å². The molecule has 1 unspecified atom stereocenters. The first kappa shape index (κ1) is 14.8. The zero-order valence-electron chi connectivity index (χ0n) is 11.0. The number of amides is 1. The average molecular weight is 263 g/mol. The molecule has 6 heteroatoms. The van der Waals surface area contributed by atoms with Crippen LogP contribution >= 0.6 is 0 Å². The number of nitrogens with two attached hydrogens (primary N) is 1. The van der Waals surface area contributed by atoms with Crippen molar-refractivity contribution in [3.8, 4) is 11.8 Å². The van der Waals surface area contributed by atoms with Gasteiger partial charge in [0.15, 0.2) is 6.61 Å². The van der Waals surface area contributed by atoms with Crippen LogP contribution in [0.3, 0.4) is 0 Å². The molecule has 1 atom stereocenters. The molecular formula is C13H17N3O3. The van der Waals surface area contributed by atoms with Crippen molar-refractivity contribution < 1.29 is 14.3 Å². The van der Waals surface area contributed by atoms with Gasteiger partial charge in [-0.25, -0.2) is 0 Å². The van der Waals surface area contributed by atoms with Gasteiger partial charge in [-0.2, -0.15) is 5.26 Å². The van der Waals surface area contributed by atoms with Crippen molar-refractivity contribution in [2.75, 3.05) is 26.1 Å². The number of nitrogen functional groups attached to an aromatic ring is 1. The minimum atomic E-state index is -0.256. The molecule has 1 rings (SSSR count). The zero-order chi connectivity index (χ0) is 14.3. The van der Waals surface area contributed by atoms with Crippen molar-refractivity contribution in [3.05, 3.63) is 23.8 Å². The number of hydrogen-bond acceptors (Lipinski definition) is 5. The van der Waals surface area contributed by atoms with E-state index in [0.717, 1.165) is 0 Å². The summed E-state index contributed by atoms with van der Waals surface area (Å²) in [6.45, 7) is 2.13. The van der Waals surface area contributed by atoms with E-state index in [2.05, 4.69) is 5.32 Å². The van der Waals surface area contributed by atoms with Crippen LogP contribution in [0.1, 0.15) is 12.5 Å². The van der Waals surface area contributed by atoms with Gasteiger partial charge in [-0.3, -0.25) is 4.79 Å². The average Bonchev–Trinajstić information content (AvgIpc) is 2.37. The zero-order valence-corrected chi connectivity index (χ0v) is 11.0. The van der Waals surface area contributed by atoms with Gasteiger partial charge < -0.3 is 20.5 Å². The summed E-state index contributed by atoms with van der Waals surface area (Å²) in [7, 11) is 1.57. The normalized spacial score (nSPS) is 11.4. The highest BCUT2D eigenvalue weighted by Crippen LogP contribution is 2.21. The second kappa shape index (κ2) is 7.24. The highest BCUT2D eigenvalue weighted by molar-refractivity contribution is 5.78. The molecule has 6 nitrogen and oxygen atoms in total. The molecule has 0 aliphatic heterocycles. The molecular weight excluding hydrogens is 246 g/mol. The Bertz CT molecular complexity index is 483. The third kappa shape index (κ3) is 4.85. The Kier molecular flexibility index (Phi) is 5.64. The van der Waals surface area contributed by atoms with Gasteiger partial charge in [0.05, 0.1) is 23.9 Å². The summed E-state index contributed by atoms with van der Waals surface area (Å²) in [6.07, 6.45) is 0. The van der Waals surface area contributed by atoms with Crippen LogP contribution in [0.2, 0.25) is 0 Å². The highest BCUT2D eigenvalue weighted by atomic mass is 16.5. The number of nitrogens with zero attached hydrogens (tertiary/aromatic N) is 1. The molecule has 102 valence electrons. The summed E-state index contributed by atoms with van der Waals surface area (Å²) >= 11 is 0. The number of nitrogens with one attached hydrogen (secondary N) is 1. The molecule has 0 aliphatic rings. The van der Waals surface area contributed by atoms with E-state index in [0.29, 0.717) is 23.6 Å². The number of rotatable bonds is 6. The van der Waals surface area contributed by atoms with Crippen molar-refractivity contribution in [1.29, 1.82) is 5.26 Å². The Morgan fingerprint density at radius 2 is 2.32 bits per heavy atom. The van der Waals surface area contributed by atoms with Gasteiger partial charge in [0.25, 0.3) is 5.91 Å². The molecule has 0 saturated heterocycles. The van der Waals surface area contributed by atoms with E-state index in [-0.39, 0.29) is 18.6 Å². The standard InChI is InChI=1S/C13H17N3O3/c1-9(7-18-2)16-13(17)8-19-12-4-3-10(6-14)5-11(12)15/h3-5,9H,7-8,15H2,1-2H3,(H,16,17). The van der Waals surface area contributed by atoms with Crippen LogP contribution in [0, 0.1) is 11.3 Å². The molecule has 0 radical (unpaired) electrons. The fraction of sp³-hybridized carbons (Fsp3) is 0.385. The van der Waals surface area contributed by atoms with E-state index in [4.69, 9.17) is 20.5 Å². The van der Waals surface area contributed by atoms with E-state index in [1.54, 1.807) is 19.2 Å². The molecule has 0 fully saturated rings. The Balaban J connectivity index is 2.49. The van der Waals surface area contributed by atoms with Gasteiger partial charge in [-0.1, -0.05) is 0 Å². The molecule has 3 N–H and O–H groups in total. The van der Waals surface area contributed by atoms with E-state index in [9.17, 15) is 4.79 Å². The summed E-state index contributed by atoms with van der Waals surface area (Å²) in [6, 6.07) is 6.54. The molecule has 1 aromatic rings. The Morgan fingerprint density at radius 3 is 2.89 bits per heavy atom. The van der Waals surface area contributed by atoms with Crippen molar-refractivity contribution in [1.82, 2.24) is 5.32 Å². The molecule has 1 amide bonds. The van der Waals surface area contributed by atoms with Crippen molar-refractivity contribution in [2.24, 2.45) is 0 Å². The van der Waals surface area contributed by atoms with Crippen LogP contribution in [0.15, 0.2) is 18.2 Å². The van der Waals surface area contributed by atoms with Crippen LogP contribution in [-0.2, 0) is 9.53 Å². The van der Waals surface area contributed by atoms with Gasteiger partial charge in [0, 0.05) is 13.2 Å². The van der Waals surface area contributed by atoms with Gasteiger partial charge in [-0.15, -0.1) is 0 Å². The Morgan fingerprint density at radius 1 is 1.58 bits per heavy atom. The minimum absolute atomic E-state index is 0.0839. The van der Waals surface area contributed by atoms with Crippen LogP contribution in [0.4, 0.5) is 5.69 Å². The first-order chi connectivity index (χ1) is 9.06. The number of benzene rings is 1. The maximum absolute atomic E-state index is 11.6. The molecule has 0 bridgehead atoms. The van der Waals surface area contributed by atoms with Crippen LogP contribution in [-0.4, -0.2) is 32.3 Å². The lowest BCUT2D eigenvalue weighted by atomic mass is 10.2. The lowest BCUT2D eigenvalue weighted by Gasteiger charge is -2.13. The SMILES string of the molecule is COCC(C)NC(=O)COc1ccc(C#N)cc1N. The summed E-state index contributed by atoms with van der Waals surface area (Å²) < 4.78 is 10.2. The molecule has 1 aromatic carbocycles. The molecule has 0 aliphatic carbocycles. The molecule has 0 aromatic heterocycles. The van der Waals surface area contributed by atoms with Gasteiger partial charge in [0.1, 0.15) is 5.75 Å². The monoisotopic (exact) mass is 263 g/mol. The number of nitriles is 1. The minimum Gasteiger partial charge on any atom is -0.482 e. The number of anilines is 1. The summed E-state index contributed by atoms with van der Waals surface area (Å²) in [5.74, 6) is 0.127. The molecule has 0 spiro atoms. The smallest absolute Gasteiger partial charge is 0.258 e. The van der Waals surface area contributed by atoms with Crippen LogP contribution in [0.25, 0.3) is 0 Å². The fourth-order valence-electron chi connectivity index (χ4n) is 1.50. The number of carbonyl (C=O) groups excluding carboxylic acids is 1. The maximum atomic E-state index is 11.6. The predicted octanol–water partition coefficient (Wildman–Crippen LogP) is 0.670. The fourth-order valence-corrected chi connectivity index (χ4v) is 1.50. The quantitative estimate of drug-likeness (QED) is 0.735. The second-order valence-electron chi connectivity index (χ2n) is 4.08. The van der Waals surface area contributed by atoms with Crippen molar-refractivity contribution in [3.63, 3.8) is 0 Å². The predicted molar refractivity (Wildman–Crippen MR) is 70.5 cm³/mol. The highest BCUT2D eigenvalue weighted by Gasteiger charge is 2.09. The van der Waals surface area contributed by atoms with Gasteiger partial charge in [0.2, 0.25) is 0 Å². The first-order valence-electron chi connectivity index (χ1n) is 5.77. The number of ether oxygens (including phenoxy) is 2. The molecule has 0 heterocycles. The largest absolute Gasteiger partial charge is 0.482 e. The van der Waals surface area contributed by atoms with E-state index in [1.807, 2.05) is 13.0 Å². The van der Waals surface area contributed by atoms with Crippen LogP contribution in [0.5, 0.6) is 5.75 Å². The van der Waals surface area contributed by atoms with E-state index < -0.39 is 0 Å². The lowest BCUT2D eigenvalue weighted by Crippen LogP contribution is -2.38. The summed E-state index contributed by atoms with van der Waals surface area (Å²) in [4.78, 5) is 11.6. The van der Waals surface area contributed by atoms with Crippen LogP contribution < -0.4 is 15.8 Å². The van der Waals surface area contributed by atoms with Gasteiger partial charge in [-0.05, 0) is 25.1 Å².